The first kappa shape index (κ1) is 14.6. The van der Waals surface area contributed by atoms with Crippen molar-refractivity contribution in [3.63, 3.8) is 0 Å². The number of aliphatic carboxylic acids is 1. The Labute approximate surface area is 119 Å². The molecule has 0 bridgehead atoms. The van der Waals surface area contributed by atoms with Crippen molar-refractivity contribution in [2.75, 3.05) is 6.54 Å². The van der Waals surface area contributed by atoms with Gasteiger partial charge in [-0.05, 0) is 37.3 Å². The molecule has 5 heteroatoms. The molecule has 0 aliphatic carbocycles. The van der Waals surface area contributed by atoms with Crippen LogP contribution in [0.4, 0.5) is 0 Å². The first-order chi connectivity index (χ1) is 9.40. The van der Waals surface area contributed by atoms with E-state index in [0.717, 1.165) is 13.0 Å². The molecular formula is C15H22N2O3. The highest BCUT2D eigenvalue weighted by molar-refractivity contribution is 5.93. The zero-order chi connectivity index (χ0) is 14.9. The van der Waals surface area contributed by atoms with Gasteiger partial charge >= 0.3 is 5.97 Å². The lowest BCUT2D eigenvalue weighted by atomic mass is 9.86. The fourth-order valence-corrected chi connectivity index (χ4v) is 3.02. The highest BCUT2D eigenvalue weighted by atomic mass is 16.4. The molecule has 1 fully saturated rings. The first-order valence-electron chi connectivity index (χ1n) is 7.08. The molecule has 1 aromatic heterocycles. The Morgan fingerprint density at radius 3 is 2.70 bits per heavy atom. The van der Waals surface area contributed by atoms with E-state index in [1.54, 1.807) is 18.3 Å². The lowest BCUT2D eigenvalue weighted by Crippen LogP contribution is -2.49. The maximum Gasteiger partial charge on any atom is 0.323 e. The monoisotopic (exact) mass is 278 g/mol. The predicted molar refractivity (Wildman–Crippen MR) is 75.5 cm³/mol. The summed E-state index contributed by atoms with van der Waals surface area (Å²) in [7, 11) is 0. The zero-order valence-electron chi connectivity index (χ0n) is 12.2. The van der Waals surface area contributed by atoms with Gasteiger partial charge in [0, 0.05) is 18.8 Å². The van der Waals surface area contributed by atoms with E-state index in [4.69, 9.17) is 5.11 Å². The number of piperidine rings is 1. The third-order valence-corrected chi connectivity index (χ3v) is 4.21. The van der Waals surface area contributed by atoms with Gasteiger partial charge in [0.2, 0.25) is 0 Å². The van der Waals surface area contributed by atoms with Gasteiger partial charge in [-0.2, -0.15) is 0 Å². The fourth-order valence-electron chi connectivity index (χ4n) is 3.02. The predicted octanol–water partition coefficient (Wildman–Crippen LogP) is 2.08. The van der Waals surface area contributed by atoms with Gasteiger partial charge < -0.3 is 14.6 Å². The van der Waals surface area contributed by atoms with E-state index in [1.165, 1.54) is 4.57 Å². The van der Waals surface area contributed by atoms with Crippen LogP contribution in [0.1, 0.15) is 37.7 Å². The van der Waals surface area contributed by atoms with Crippen molar-refractivity contribution in [3.8, 4) is 0 Å². The summed E-state index contributed by atoms with van der Waals surface area (Å²) in [6, 6.07) is 3.60. The van der Waals surface area contributed by atoms with Crippen LogP contribution in [0.5, 0.6) is 0 Å². The number of carboxylic acids is 1. The molecule has 1 aromatic rings. The smallest absolute Gasteiger partial charge is 0.323 e. The first-order valence-corrected chi connectivity index (χ1v) is 7.08. The van der Waals surface area contributed by atoms with E-state index in [-0.39, 0.29) is 18.5 Å². The fraction of sp³-hybridized carbons (Fsp3) is 0.600. The second-order valence-electron chi connectivity index (χ2n) is 5.93. The lowest BCUT2D eigenvalue weighted by molar-refractivity contribution is -0.137. The van der Waals surface area contributed by atoms with Crippen molar-refractivity contribution in [1.82, 2.24) is 9.47 Å². The minimum absolute atomic E-state index is 0.0675. The Hall–Kier alpha value is -1.78. The Morgan fingerprint density at radius 1 is 1.35 bits per heavy atom. The van der Waals surface area contributed by atoms with Gasteiger partial charge in [0.05, 0.1) is 0 Å². The Balaban J connectivity index is 2.22. The zero-order valence-corrected chi connectivity index (χ0v) is 12.2. The standard InChI is InChI=1S/C15H22N2O3/c1-10-7-11(2)12(3)17(8-10)15(20)13-5-4-6-16(13)9-14(18)19/h4-6,10-12H,7-9H2,1-3H3,(H,18,19). The molecule has 5 nitrogen and oxygen atoms in total. The third-order valence-electron chi connectivity index (χ3n) is 4.21. The van der Waals surface area contributed by atoms with Crippen molar-refractivity contribution in [2.45, 2.75) is 39.8 Å². The molecule has 2 heterocycles. The quantitative estimate of drug-likeness (QED) is 0.920. The van der Waals surface area contributed by atoms with Crippen LogP contribution in [0.2, 0.25) is 0 Å². The number of amides is 1. The average molecular weight is 278 g/mol. The minimum atomic E-state index is -0.941. The van der Waals surface area contributed by atoms with E-state index in [2.05, 4.69) is 20.8 Å². The highest BCUT2D eigenvalue weighted by Gasteiger charge is 2.33. The van der Waals surface area contributed by atoms with Crippen LogP contribution >= 0.6 is 0 Å². The molecule has 2 rings (SSSR count). The Bertz CT molecular complexity index is 509. The number of likely N-dealkylation sites (tertiary alicyclic amines) is 1. The Morgan fingerprint density at radius 2 is 2.05 bits per heavy atom. The van der Waals surface area contributed by atoms with Crippen LogP contribution in [-0.4, -0.2) is 39.0 Å². The van der Waals surface area contributed by atoms with E-state index < -0.39 is 5.97 Å². The highest BCUT2D eigenvalue weighted by Crippen LogP contribution is 2.28. The van der Waals surface area contributed by atoms with E-state index in [9.17, 15) is 9.59 Å². The number of aromatic nitrogens is 1. The van der Waals surface area contributed by atoms with Gasteiger partial charge in [-0.15, -0.1) is 0 Å². The van der Waals surface area contributed by atoms with Gasteiger partial charge in [0.1, 0.15) is 12.2 Å². The van der Waals surface area contributed by atoms with Crippen molar-refractivity contribution in [2.24, 2.45) is 11.8 Å². The van der Waals surface area contributed by atoms with Crippen LogP contribution in [0.3, 0.4) is 0 Å². The van der Waals surface area contributed by atoms with Gasteiger partial charge in [-0.1, -0.05) is 13.8 Å². The summed E-state index contributed by atoms with van der Waals surface area (Å²) in [5.41, 5.74) is 0.459. The second kappa shape index (κ2) is 5.69. The topological polar surface area (TPSA) is 62.5 Å². The molecule has 20 heavy (non-hydrogen) atoms. The number of hydrogen-bond donors (Lipinski definition) is 1. The van der Waals surface area contributed by atoms with Crippen LogP contribution in [-0.2, 0) is 11.3 Å². The summed E-state index contributed by atoms with van der Waals surface area (Å²) >= 11 is 0. The number of carbonyl (C=O) groups excluding carboxylic acids is 1. The molecular weight excluding hydrogens is 256 g/mol. The third kappa shape index (κ3) is 2.86. The number of carbonyl (C=O) groups is 2. The largest absolute Gasteiger partial charge is 0.480 e. The summed E-state index contributed by atoms with van der Waals surface area (Å²) in [6.07, 6.45) is 2.77. The summed E-state index contributed by atoms with van der Waals surface area (Å²) in [4.78, 5) is 25.4. The molecule has 1 aliphatic rings. The molecule has 0 radical (unpaired) electrons. The van der Waals surface area contributed by atoms with E-state index in [1.807, 2.05) is 4.90 Å². The van der Waals surface area contributed by atoms with Gasteiger partial charge in [0.25, 0.3) is 5.91 Å². The number of rotatable bonds is 3. The van der Waals surface area contributed by atoms with Crippen LogP contribution in [0.15, 0.2) is 18.3 Å². The minimum Gasteiger partial charge on any atom is -0.480 e. The Kier molecular flexibility index (Phi) is 4.16. The number of hydrogen-bond acceptors (Lipinski definition) is 2. The van der Waals surface area contributed by atoms with Crippen molar-refractivity contribution in [3.05, 3.63) is 24.0 Å². The SMILES string of the molecule is CC1CC(C)C(C)N(C(=O)c2cccn2CC(=O)O)C1. The molecule has 3 atom stereocenters. The van der Waals surface area contributed by atoms with E-state index >= 15 is 0 Å². The maximum atomic E-state index is 12.7. The molecule has 0 saturated carbocycles. The second-order valence-corrected chi connectivity index (χ2v) is 5.93. The van der Waals surface area contributed by atoms with Gasteiger partial charge in [-0.3, -0.25) is 9.59 Å². The maximum absolute atomic E-state index is 12.7. The molecule has 110 valence electrons. The summed E-state index contributed by atoms with van der Waals surface area (Å²) in [5, 5.41) is 8.89. The number of nitrogens with zero attached hydrogens (tertiary/aromatic N) is 2. The van der Waals surface area contributed by atoms with Crippen molar-refractivity contribution < 1.29 is 14.7 Å². The molecule has 0 aromatic carbocycles. The molecule has 1 amide bonds. The van der Waals surface area contributed by atoms with Crippen LogP contribution in [0, 0.1) is 11.8 Å². The molecule has 1 aliphatic heterocycles. The molecule has 1 N–H and O–H groups in total. The number of carboxylic acid groups (broad SMARTS) is 1. The summed E-state index contributed by atoms with van der Waals surface area (Å²) in [5.74, 6) is -0.0653. The van der Waals surface area contributed by atoms with Crippen LogP contribution < -0.4 is 0 Å². The summed E-state index contributed by atoms with van der Waals surface area (Å²) < 4.78 is 1.50. The lowest BCUT2D eigenvalue weighted by Gasteiger charge is -2.41. The normalized spacial score (nSPS) is 26.6. The molecule has 1 saturated heterocycles. The van der Waals surface area contributed by atoms with Gasteiger partial charge in [-0.25, -0.2) is 0 Å². The van der Waals surface area contributed by atoms with Crippen molar-refractivity contribution >= 4 is 11.9 Å². The van der Waals surface area contributed by atoms with Crippen LogP contribution in [0.25, 0.3) is 0 Å². The van der Waals surface area contributed by atoms with Gasteiger partial charge in [0.15, 0.2) is 0 Å². The average Bonchev–Trinajstić information content (AvgIpc) is 2.80. The van der Waals surface area contributed by atoms with Crippen molar-refractivity contribution in [1.29, 1.82) is 0 Å². The molecule has 3 unspecified atom stereocenters. The summed E-state index contributed by atoms with van der Waals surface area (Å²) in [6.45, 7) is 6.94. The van der Waals surface area contributed by atoms with E-state index in [0.29, 0.717) is 17.5 Å². The molecule has 0 spiro atoms.